The molecule has 0 aliphatic carbocycles. The Balaban J connectivity index is 1.40. The third-order valence-corrected chi connectivity index (χ3v) is 9.97. The van der Waals surface area contributed by atoms with Crippen LogP contribution in [0.25, 0.3) is 0 Å². The number of amides is 1. The molecule has 0 bridgehead atoms. The molecule has 11 nitrogen and oxygen atoms in total. The molecule has 53 heavy (non-hydrogen) atoms. The highest BCUT2D eigenvalue weighted by molar-refractivity contribution is 5.76. The van der Waals surface area contributed by atoms with Crippen LogP contribution in [0.4, 0.5) is 0 Å². The maximum atomic E-state index is 13.3. The molecular formula is C42H53N3O8. The molecule has 0 saturated carbocycles. The number of nitrogens with zero attached hydrogens (tertiary/aromatic N) is 1. The number of methoxy groups -OCH3 is 2. The van der Waals surface area contributed by atoms with Gasteiger partial charge in [-0.3, -0.25) is 19.1 Å². The summed E-state index contributed by atoms with van der Waals surface area (Å²) in [6.45, 7) is 2.08. The van der Waals surface area contributed by atoms with Crippen LogP contribution in [0, 0.1) is 0 Å². The van der Waals surface area contributed by atoms with Crippen molar-refractivity contribution >= 4 is 5.91 Å². The molecule has 0 radical (unpaired) electrons. The predicted molar refractivity (Wildman–Crippen MR) is 203 cm³/mol. The fourth-order valence-corrected chi connectivity index (χ4v) is 7.04. The molecule has 3 N–H and O–H groups in total. The molecule has 1 aliphatic rings. The Labute approximate surface area is 311 Å². The SMILES string of the molecule is CCCCCCCCCCCC(=O)N[C@@H]1[C@H](O)[C@@H](COC(c2ccccc2)(c2ccc(OC)cc2)c2ccc(OC)cc2)O[C@H]1n1ccc(=O)[nH]c1=O. The number of hydrogen-bond donors (Lipinski definition) is 3. The standard InChI is InChI=1S/C42H53N3O8/c1-4-5-6-7-8-9-10-11-15-18-36(46)43-38-39(48)35(53-40(38)45-28-27-37(47)44-41(45)49)29-52-42(30-16-13-12-14-17-30,31-19-23-33(50-2)24-20-31)32-21-25-34(51-3)26-22-32/h12-14,16-17,19-28,35,38-40,48H,4-11,15,18,29H2,1-3H3,(H,43,46)(H,44,47,49)/t35-,38-,39-,40-/m1/s1. The van der Waals surface area contributed by atoms with E-state index in [1.807, 2.05) is 78.9 Å². The molecule has 4 atom stereocenters. The zero-order valence-corrected chi connectivity index (χ0v) is 31.0. The van der Waals surface area contributed by atoms with Crippen molar-refractivity contribution < 1.29 is 28.8 Å². The molecule has 11 heteroatoms. The zero-order valence-electron chi connectivity index (χ0n) is 31.0. The van der Waals surface area contributed by atoms with Gasteiger partial charge in [-0.25, -0.2) is 4.79 Å². The molecule has 1 amide bonds. The molecule has 0 unspecified atom stereocenters. The van der Waals surface area contributed by atoms with E-state index in [0.29, 0.717) is 17.9 Å². The minimum absolute atomic E-state index is 0.132. The largest absolute Gasteiger partial charge is 0.497 e. The summed E-state index contributed by atoms with van der Waals surface area (Å²) in [5.74, 6) is 1.10. The molecule has 4 aromatic rings. The van der Waals surface area contributed by atoms with E-state index in [4.69, 9.17) is 18.9 Å². The van der Waals surface area contributed by atoms with Crippen LogP contribution in [0.2, 0.25) is 0 Å². The number of unbranched alkanes of at least 4 members (excludes halogenated alkanes) is 8. The smallest absolute Gasteiger partial charge is 0.330 e. The van der Waals surface area contributed by atoms with Gasteiger partial charge in [-0.2, -0.15) is 0 Å². The summed E-state index contributed by atoms with van der Waals surface area (Å²) in [6, 6.07) is 25.1. The fraction of sp³-hybridized carbons (Fsp3) is 0.452. The molecule has 284 valence electrons. The van der Waals surface area contributed by atoms with Gasteiger partial charge in [0, 0.05) is 18.7 Å². The number of aliphatic hydroxyl groups excluding tert-OH is 1. The van der Waals surface area contributed by atoms with E-state index in [2.05, 4.69) is 17.2 Å². The molecule has 1 fully saturated rings. The van der Waals surface area contributed by atoms with E-state index in [1.54, 1.807) is 14.2 Å². The minimum atomic E-state index is -1.26. The van der Waals surface area contributed by atoms with Crippen LogP contribution in [-0.2, 0) is 19.9 Å². The second kappa shape index (κ2) is 19.4. The Hall–Kier alpha value is -4.71. The van der Waals surface area contributed by atoms with E-state index in [9.17, 15) is 19.5 Å². The maximum absolute atomic E-state index is 13.3. The van der Waals surface area contributed by atoms with Gasteiger partial charge in [-0.05, 0) is 47.4 Å². The van der Waals surface area contributed by atoms with Gasteiger partial charge < -0.3 is 29.4 Å². The number of carbonyl (C=O) groups is 1. The summed E-state index contributed by atoms with van der Waals surface area (Å²) in [7, 11) is 3.21. The van der Waals surface area contributed by atoms with Crippen molar-refractivity contribution in [3.8, 4) is 11.5 Å². The number of H-pyrrole nitrogens is 1. The van der Waals surface area contributed by atoms with Gasteiger partial charge in [0.05, 0.1) is 20.8 Å². The average molecular weight is 728 g/mol. The van der Waals surface area contributed by atoms with Crippen molar-refractivity contribution in [2.75, 3.05) is 20.8 Å². The first-order chi connectivity index (χ1) is 25.8. The van der Waals surface area contributed by atoms with Crippen molar-refractivity contribution in [2.45, 2.75) is 101 Å². The lowest BCUT2D eigenvalue weighted by molar-refractivity contribution is -0.123. The molecule has 1 aliphatic heterocycles. The summed E-state index contributed by atoms with van der Waals surface area (Å²) in [5, 5.41) is 14.8. The fourth-order valence-electron chi connectivity index (χ4n) is 7.04. The van der Waals surface area contributed by atoms with Gasteiger partial charge in [0.15, 0.2) is 6.23 Å². The second-order valence-corrected chi connectivity index (χ2v) is 13.6. The van der Waals surface area contributed by atoms with Crippen LogP contribution in [0.15, 0.2) is 101 Å². The van der Waals surface area contributed by atoms with Crippen LogP contribution in [0.1, 0.15) is 94.1 Å². The Morgan fingerprint density at radius 2 is 1.34 bits per heavy atom. The summed E-state index contributed by atoms with van der Waals surface area (Å²) < 4.78 is 25.5. The van der Waals surface area contributed by atoms with E-state index in [0.717, 1.165) is 36.0 Å². The molecule has 3 aromatic carbocycles. The van der Waals surface area contributed by atoms with E-state index in [1.165, 1.54) is 48.9 Å². The summed E-state index contributed by atoms with van der Waals surface area (Å²) in [4.78, 5) is 40.5. The molecule has 0 spiro atoms. The van der Waals surface area contributed by atoms with Crippen LogP contribution >= 0.6 is 0 Å². The third kappa shape index (κ3) is 9.84. The quantitative estimate of drug-likeness (QED) is 0.0720. The highest BCUT2D eigenvalue weighted by Gasteiger charge is 2.48. The minimum Gasteiger partial charge on any atom is -0.497 e. The van der Waals surface area contributed by atoms with Gasteiger partial charge in [-0.1, -0.05) is 113 Å². The molecule has 1 aromatic heterocycles. The Kier molecular flexibility index (Phi) is 14.5. The topological polar surface area (TPSA) is 141 Å². The van der Waals surface area contributed by atoms with Crippen LogP contribution in [0.3, 0.4) is 0 Å². The first kappa shape index (κ1) is 39.5. The van der Waals surface area contributed by atoms with Crippen molar-refractivity contribution in [1.82, 2.24) is 14.9 Å². The normalized spacial score (nSPS) is 18.5. The highest BCUT2D eigenvalue weighted by atomic mass is 16.6. The van der Waals surface area contributed by atoms with Gasteiger partial charge in [0.1, 0.15) is 35.3 Å². The third-order valence-electron chi connectivity index (χ3n) is 9.97. The molecular weight excluding hydrogens is 674 g/mol. The summed E-state index contributed by atoms with van der Waals surface area (Å²) in [6.07, 6.45) is 8.33. The molecule has 2 heterocycles. The Morgan fingerprint density at radius 1 is 0.792 bits per heavy atom. The number of nitrogens with one attached hydrogen (secondary N) is 2. The summed E-state index contributed by atoms with van der Waals surface area (Å²) in [5.41, 5.74) is -0.0681. The lowest BCUT2D eigenvalue weighted by Crippen LogP contribution is -2.49. The lowest BCUT2D eigenvalue weighted by atomic mass is 9.80. The number of benzene rings is 3. The van der Waals surface area contributed by atoms with E-state index in [-0.39, 0.29) is 18.9 Å². The number of carbonyl (C=O) groups excluding carboxylic acids is 1. The van der Waals surface area contributed by atoms with Crippen LogP contribution in [-0.4, -0.2) is 59.6 Å². The van der Waals surface area contributed by atoms with E-state index < -0.39 is 41.3 Å². The molecule has 1 saturated heterocycles. The predicted octanol–water partition coefficient (Wildman–Crippen LogP) is 6.23. The van der Waals surface area contributed by atoms with Gasteiger partial charge in [0.2, 0.25) is 5.91 Å². The number of hydrogen-bond acceptors (Lipinski definition) is 8. The van der Waals surface area contributed by atoms with Crippen LogP contribution < -0.4 is 26.0 Å². The highest BCUT2D eigenvalue weighted by Crippen LogP contribution is 2.42. The number of rotatable bonds is 20. The number of aliphatic hydroxyl groups is 1. The molecule has 5 rings (SSSR count). The zero-order chi connectivity index (χ0) is 37.6. The van der Waals surface area contributed by atoms with E-state index >= 15 is 0 Å². The second-order valence-electron chi connectivity index (χ2n) is 13.6. The number of aromatic amines is 1. The summed E-state index contributed by atoms with van der Waals surface area (Å²) >= 11 is 0. The van der Waals surface area contributed by atoms with Crippen molar-refractivity contribution in [3.05, 3.63) is 129 Å². The van der Waals surface area contributed by atoms with Gasteiger partial charge in [0.25, 0.3) is 5.56 Å². The maximum Gasteiger partial charge on any atom is 0.330 e. The lowest BCUT2D eigenvalue weighted by Gasteiger charge is -2.37. The van der Waals surface area contributed by atoms with Crippen molar-refractivity contribution in [3.63, 3.8) is 0 Å². The average Bonchev–Trinajstić information content (AvgIpc) is 3.48. The number of aromatic nitrogens is 2. The monoisotopic (exact) mass is 727 g/mol. The van der Waals surface area contributed by atoms with Crippen LogP contribution in [0.5, 0.6) is 11.5 Å². The first-order valence-corrected chi connectivity index (χ1v) is 18.7. The van der Waals surface area contributed by atoms with Crippen molar-refractivity contribution in [2.24, 2.45) is 0 Å². The first-order valence-electron chi connectivity index (χ1n) is 18.7. The van der Waals surface area contributed by atoms with Gasteiger partial charge >= 0.3 is 5.69 Å². The van der Waals surface area contributed by atoms with Gasteiger partial charge in [-0.15, -0.1) is 0 Å². The Bertz CT molecular complexity index is 1780. The number of ether oxygens (including phenoxy) is 4. The Morgan fingerprint density at radius 3 is 1.89 bits per heavy atom. The van der Waals surface area contributed by atoms with Crippen molar-refractivity contribution in [1.29, 1.82) is 0 Å².